The lowest BCUT2D eigenvalue weighted by atomic mass is 9.93. The Kier molecular flexibility index (Phi) is 5.43. The molecule has 0 fully saturated rings. The molecule has 1 heterocycles. The molecule has 18 heavy (non-hydrogen) atoms. The van der Waals surface area contributed by atoms with Crippen molar-refractivity contribution in [1.82, 2.24) is 5.32 Å². The predicted molar refractivity (Wildman–Crippen MR) is 80.4 cm³/mol. The molecule has 0 spiro atoms. The molecule has 0 saturated heterocycles. The molecule has 0 saturated carbocycles. The Bertz CT molecular complexity index is 422. The molecule has 1 nitrogen and oxygen atoms in total. The second-order valence-electron chi connectivity index (χ2n) is 4.69. The summed E-state index contributed by atoms with van der Waals surface area (Å²) in [5.41, 5.74) is 2.94. The summed E-state index contributed by atoms with van der Waals surface area (Å²) >= 11 is 1.79. The molecular weight excluding hydrogens is 238 g/mol. The summed E-state index contributed by atoms with van der Waals surface area (Å²) in [6.07, 6.45) is 3.72. The van der Waals surface area contributed by atoms with Gasteiger partial charge in [-0.25, -0.2) is 0 Å². The Hall–Kier alpha value is -1.12. The molecule has 96 valence electrons. The molecule has 0 bridgehead atoms. The number of aryl methyl sites for hydroxylation is 1. The first-order valence-corrected chi connectivity index (χ1v) is 7.55. The van der Waals surface area contributed by atoms with E-state index in [9.17, 15) is 0 Å². The Labute approximate surface area is 114 Å². The fourth-order valence-corrected chi connectivity index (χ4v) is 3.05. The molecule has 0 amide bonds. The van der Waals surface area contributed by atoms with Gasteiger partial charge in [0.1, 0.15) is 0 Å². The van der Waals surface area contributed by atoms with Gasteiger partial charge in [0.15, 0.2) is 0 Å². The molecule has 1 aromatic heterocycles. The van der Waals surface area contributed by atoms with Crippen LogP contribution in [0.2, 0.25) is 0 Å². The van der Waals surface area contributed by atoms with Crippen LogP contribution < -0.4 is 5.32 Å². The van der Waals surface area contributed by atoms with Gasteiger partial charge in [-0.3, -0.25) is 0 Å². The number of thiophene rings is 1. The average molecular weight is 259 g/mol. The number of rotatable bonds is 7. The molecule has 2 rings (SSSR count). The van der Waals surface area contributed by atoms with Crippen molar-refractivity contribution < 1.29 is 0 Å². The Morgan fingerprint density at radius 3 is 2.67 bits per heavy atom. The molecule has 1 N–H and O–H groups in total. The van der Waals surface area contributed by atoms with Gasteiger partial charge in [-0.15, -0.1) is 0 Å². The van der Waals surface area contributed by atoms with E-state index in [0.29, 0.717) is 5.92 Å². The highest BCUT2D eigenvalue weighted by Gasteiger charge is 2.09. The zero-order chi connectivity index (χ0) is 12.6. The van der Waals surface area contributed by atoms with E-state index in [1.165, 1.54) is 30.4 Å². The number of likely N-dealkylation sites (N-methyl/N-ethyl adjacent to an activating group) is 1. The fraction of sp³-hybridized carbons (Fsp3) is 0.375. The van der Waals surface area contributed by atoms with Crippen LogP contribution in [0.15, 0.2) is 47.2 Å². The van der Waals surface area contributed by atoms with Crippen LogP contribution in [0.25, 0.3) is 0 Å². The summed E-state index contributed by atoms with van der Waals surface area (Å²) in [6, 6.07) is 13.1. The maximum absolute atomic E-state index is 3.31. The third-order valence-corrected chi connectivity index (χ3v) is 4.05. The standard InChI is InChI=1S/C16H21NS/c1-17-12-16(15-7-3-2-4-8-15)9-5-6-14-10-11-18-13-14/h2-4,7-8,10-11,13,16-17H,5-6,9,12H2,1H3. The Morgan fingerprint density at radius 1 is 1.17 bits per heavy atom. The van der Waals surface area contributed by atoms with Crippen LogP contribution in [-0.4, -0.2) is 13.6 Å². The summed E-state index contributed by atoms with van der Waals surface area (Å²) in [5, 5.41) is 7.74. The van der Waals surface area contributed by atoms with Crippen molar-refractivity contribution in [2.75, 3.05) is 13.6 Å². The van der Waals surface area contributed by atoms with Crippen molar-refractivity contribution in [3.8, 4) is 0 Å². The lowest BCUT2D eigenvalue weighted by molar-refractivity contribution is 0.560. The first-order valence-electron chi connectivity index (χ1n) is 6.61. The number of hydrogen-bond acceptors (Lipinski definition) is 2. The number of nitrogens with one attached hydrogen (secondary N) is 1. The van der Waals surface area contributed by atoms with E-state index in [1.54, 1.807) is 11.3 Å². The van der Waals surface area contributed by atoms with Crippen molar-refractivity contribution in [3.63, 3.8) is 0 Å². The van der Waals surface area contributed by atoms with E-state index in [2.05, 4.69) is 52.5 Å². The van der Waals surface area contributed by atoms with Crippen LogP contribution in [0.1, 0.15) is 29.9 Å². The molecule has 0 aliphatic rings. The number of benzene rings is 1. The molecule has 2 aromatic rings. The highest BCUT2D eigenvalue weighted by Crippen LogP contribution is 2.22. The summed E-state index contributed by atoms with van der Waals surface area (Å²) in [7, 11) is 2.04. The highest BCUT2D eigenvalue weighted by atomic mass is 32.1. The minimum absolute atomic E-state index is 0.634. The van der Waals surface area contributed by atoms with E-state index in [-0.39, 0.29) is 0 Å². The summed E-state index contributed by atoms with van der Waals surface area (Å²) < 4.78 is 0. The molecule has 1 aromatic carbocycles. The summed E-state index contributed by atoms with van der Waals surface area (Å²) in [4.78, 5) is 0. The highest BCUT2D eigenvalue weighted by molar-refractivity contribution is 7.07. The predicted octanol–water partition coefficient (Wildman–Crippen LogP) is 4.07. The minimum Gasteiger partial charge on any atom is -0.319 e. The maximum Gasteiger partial charge on any atom is 0.00171 e. The third-order valence-electron chi connectivity index (χ3n) is 3.32. The van der Waals surface area contributed by atoms with E-state index < -0.39 is 0 Å². The van der Waals surface area contributed by atoms with Crippen LogP contribution in [0.3, 0.4) is 0 Å². The van der Waals surface area contributed by atoms with Crippen molar-refractivity contribution >= 4 is 11.3 Å². The van der Waals surface area contributed by atoms with E-state index in [1.807, 2.05) is 7.05 Å². The van der Waals surface area contributed by atoms with Gasteiger partial charge in [0.2, 0.25) is 0 Å². The van der Waals surface area contributed by atoms with Gasteiger partial charge in [-0.2, -0.15) is 11.3 Å². The van der Waals surface area contributed by atoms with Gasteiger partial charge < -0.3 is 5.32 Å². The molecule has 0 aliphatic heterocycles. The molecule has 1 atom stereocenters. The normalized spacial score (nSPS) is 12.5. The Balaban J connectivity index is 1.87. The van der Waals surface area contributed by atoms with Crippen LogP contribution in [0.4, 0.5) is 0 Å². The molecule has 0 aliphatic carbocycles. The van der Waals surface area contributed by atoms with Gasteiger partial charge in [-0.05, 0) is 60.2 Å². The summed E-state index contributed by atoms with van der Waals surface area (Å²) in [5.74, 6) is 0.634. The topological polar surface area (TPSA) is 12.0 Å². The lowest BCUT2D eigenvalue weighted by Crippen LogP contribution is -2.17. The fourth-order valence-electron chi connectivity index (χ4n) is 2.35. The Morgan fingerprint density at radius 2 is 2.00 bits per heavy atom. The van der Waals surface area contributed by atoms with Gasteiger partial charge in [0.05, 0.1) is 0 Å². The SMILES string of the molecule is CNCC(CCCc1ccsc1)c1ccccc1. The zero-order valence-electron chi connectivity index (χ0n) is 10.9. The van der Waals surface area contributed by atoms with Gasteiger partial charge in [-0.1, -0.05) is 30.3 Å². The zero-order valence-corrected chi connectivity index (χ0v) is 11.7. The summed E-state index contributed by atoms with van der Waals surface area (Å²) in [6.45, 7) is 1.06. The van der Waals surface area contributed by atoms with Crippen LogP contribution in [-0.2, 0) is 6.42 Å². The molecule has 2 heteroatoms. The van der Waals surface area contributed by atoms with Gasteiger partial charge in [0, 0.05) is 6.54 Å². The van der Waals surface area contributed by atoms with E-state index in [4.69, 9.17) is 0 Å². The second-order valence-corrected chi connectivity index (χ2v) is 5.47. The van der Waals surface area contributed by atoms with Crippen molar-refractivity contribution in [1.29, 1.82) is 0 Å². The largest absolute Gasteiger partial charge is 0.319 e. The van der Waals surface area contributed by atoms with Crippen LogP contribution >= 0.6 is 11.3 Å². The third kappa shape index (κ3) is 3.97. The van der Waals surface area contributed by atoms with Crippen LogP contribution in [0, 0.1) is 0 Å². The van der Waals surface area contributed by atoms with E-state index >= 15 is 0 Å². The number of hydrogen-bond donors (Lipinski definition) is 1. The van der Waals surface area contributed by atoms with Crippen molar-refractivity contribution in [3.05, 3.63) is 58.3 Å². The average Bonchev–Trinajstić information content (AvgIpc) is 2.92. The monoisotopic (exact) mass is 259 g/mol. The first kappa shape index (κ1) is 13.3. The van der Waals surface area contributed by atoms with Gasteiger partial charge >= 0.3 is 0 Å². The first-order chi connectivity index (χ1) is 8.90. The maximum atomic E-state index is 3.31. The molecule has 1 unspecified atom stereocenters. The van der Waals surface area contributed by atoms with Gasteiger partial charge in [0.25, 0.3) is 0 Å². The quantitative estimate of drug-likeness (QED) is 0.790. The molecular formula is C16H21NS. The van der Waals surface area contributed by atoms with E-state index in [0.717, 1.165) is 6.54 Å². The minimum atomic E-state index is 0.634. The smallest absolute Gasteiger partial charge is 0.00171 e. The van der Waals surface area contributed by atoms with Crippen LogP contribution in [0.5, 0.6) is 0 Å². The second kappa shape index (κ2) is 7.34. The van der Waals surface area contributed by atoms with Crippen molar-refractivity contribution in [2.45, 2.75) is 25.2 Å². The lowest BCUT2D eigenvalue weighted by Gasteiger charge is -2.16. The van der Waals surface area contributed by atoms with Crippen molar-refractivity contribution in [2.24, 2.45) is 0 Å². The molecule has 0 radical (unpaired) electrons.